The highest BCUT2D eigenvalue weighted by Crippen LogP contribution is 2.32. The van der Waals surface area contributed by atoms with Crippen molar-refractivity contribution in [2.24, 2.45) is 11.8 Å². The maximum atomic E-state index is 5.39. The van der Waals surface area contributed by atoms with Crippen LogP contribution < -0.4 is 0 Å². The molecule has 1 aliphatic rings. The summed E-state index contributed by atoms with van der Waals surface area (Å²) in [5.41, 5.74) is 7.68. The molecule has 1 nitrogen and oxygen atoms in total. The molecule has 0 radical (unpaired) electrons. The third-order valence-electron chi connectivity index (χ3n) is 6.98. The van der Waals surface area contributed by atoms with Crippen molar-refractivity contribution in [2.45, 2.75) is 45.1 Å². The lowest BCUT2D eigenvalue weighted by molar-refractivity contribution is 0.185. The minimum absolute atomic E-state index is 0.649. The van der Waals surface area contributed by atoms with E-state index in [2.05, 4.69) is 97.6 Å². The van der Waals surface area contributed by atoms with Gasteiger partial charge < -0.3 is 4.74 Å². The standard InChI is InChI=1S/C32H36O/c1-3-25-13-15-26(16-14-25)9-7-8-12-31-23-27(24-33-2)17-22-32(31)30-20-18-29(19-21-30)28-10-5-4-6-11-28/h3-8,10-11,17-23,25-26H,1,9,12-16,24H2,2H3/b8-7+. The molecule has 0 heterocycles. The molecular formula is C32H36O. The van der Waals surface area contributed by atoms with Gasteiger partial charge in [-0.05, 0) is 83.7 Å². The molecule has 4 rings (SSSR count). The number of benzene rings is 3. The van der Waals surface area contributed by atoms with Gasteiger partial charge in [-0.25, -0.2) is 0 Å². The molecular weight excluding hydrogens is 400 g/mol. The molecule has 1 heteroatoms. The fourth-order valence-corrected chi connectivity index (χ4v) is 4.99. The van der Waals surface area contributed by atoms with Crippen molar-refractivity contribution in [3.63, 3.8) is 0 Å². The van der Waals surface area contributed by atoms with E-state index in [4.69, 9.17) is 4.74 Å². The van der Waals surface area contributed by atoms with E-state index in [-0.39, 0.29) is 0 Å². The first kappa shape index (κ1) is 23.3. The number of hydrogen-bond acceptors (Lipinski definition) is 1. The lowest BCUT2D eigenvalue weighted by Gasteiger charge is -2.25. The molecule has 0 aromatic heterocycles. The summed E-state index contributed by atoms with van der Waals surface area (Å²) in [6.07, 6.45) is 14.4. The zero-order valence-electron chi connectivity index (χ0n) is 19.9. The minimum atomic E-state index is 0.649. The molecule has 0 saturated heterocycles. The highest BCUT2D eigenvalue weighted by atomic mass is 16.5. The Balaban J connectivity index is 1.47. The van der Waals surface area contributed by atoms with E-state index in [0.29, 0.717) is 6.61 Å². The maximum absolute atomic E-state index is 5.39. The van der Waals surface area contributed by atoms with Crippen molar-refractivity contribution in [2.75, 3.05) is 7.11 Å². The largest absolute Gasteiger partial charge is 0.380 e. The second kappa shape index (κ2) is 11.8. The minimum Gasteiger partial charge on any atom is -0.380 e. The summed E-state index contributed by atoms with van der Waals surface area (Å²) in [5.74, 6) is 1.58. The highest BCUT2D eigenvalue weighted by Gasteiger charge is 2.17. The van der Waals surface area contributed by atoms with Crippen LogP contribution in [-0.2, 0) is 17.8 Å². The lowest BCUT2D eigenvalue weighted by atomic mass is 9.80. The predicted molar refractivity (Wildman–Crippen MR) is 141 cm³/mol. The second-order valence-corrected chi connectivity index (χ2v) is 9.30. The molecule has 170 valence electrons. The molecule has 1 aliphatic carbocycles. The number of hydrogen-bond donors (Lipinski definition) is 0. The number of rotatable bonds is 9. The van der Waals surface area contributed by atoms with Gasteiger partial charge in [-0.1, -0.05) is 91.0 Å². The van der Waals surface area contributed by atoms with E-state index in [1.807, 2.05) is 0 Å². The average molecular weight is 437 g/mol. The zero-order valence-corrected chi connectivity index (χ0v) is 19.9. The lowest BCUT2D eigenvalue weighted by Crippen LogP contribution is -2.12. The van der Waals surface area contributed by atoms with Gasteiger partial charge >= 0.3 is 0 Å². The summed E-state index contributed by atoms with van der Waals surface area (Å²) in [5, 5.41) is 0. The third kappa shape index (κ3) is 6.33. The highest BCUT2D eigenvalue weighted by molar-refractivity contribution is 5.72. The molecule has 0 atom stereocenters. The van der Waals surface area contributed by atoms with Crippen LogP contribution in [0.25, 0.3) is 22.3 Å². The zero-order chi connectivity index (χ0) is 22.9. The number of ether oxygens (including phenoxy) is 1. The SMILES string of the molecule is C=CC1CCC(C/C=C/Cc2cc(COC)ccc2-c2ccc(-c3ccccc3)cc2)CC1. The summed E-state index contributed by atoms with van der Waals surface area (Å²) in [4.78, 5) is 0. The van der Waals surface area contributed by atoms with Crippen LogP contribution in [0.3, 0.4) is 0 Å². The number of allylic oxidation sites excluding steroid dienone is 3. The van der Waals surface area contributed by atoms with Crippen molar-refractivity contribution in [3.8, 4) is 22.3 Å². The molecule has 0 unspecified atom stereocenters. The van der Waals surface area contributed by atoms with Gasteiger partial charge in [0.25, 0.3) is 0 Å². The molecule has 3 aromatic carbocycles. The van der Waals surface area contributed by atoms with Gasteiger partial charge in [-0.2, -0.15) is 0 Å². The first-order chi connectivity index (χ1) is 16.3. The van der Waals surface area contributed by atoms with Crippen LogP contribution in [0.15, 0.2) is 97.6 Å². The Bertz CT molecular complexity index is 1040. The molecule has 1 fully saturated rings. The predicted octanol–water partition coefficient (Wildman–Crippen LogP) is 8.65. The summed E-state index contributed by atoms with van der Waals surface area (Å²) in [7, 11) is 1.76. The van der Waals surface area contributed by atoms with Crippen molar-refractivity contribution in [3.05, 3.63) is 109 Å². The van der Waals surface area contributed by atoms with Crippen LogP contribution in [0, 0.1) is 11.8 Å². The molecule has 0 spiro atoms. The van der Waals surface area contributed by atoms with E-state index < -0.39 is 0 Å². The summed E-state index contributed by atoms with van der Waals surface area (Å²) in [6.45, 7) is 4.62. The van der Waals surface area contributed by atoms with Gasteiger partial charge in [-0.3, -0.25) is 0 Å². The van der Waals surface area contributed by atoms with Crippen LogP contribution in [-0.4, -0.2) is 7.11 Å². The molecule has 3 aromatic rings. The number of methoxy groups -OCH3 is 1. The monoisotopic (exact) mass is 436 g/mol. The molecule has 1 saturated carbocycles. The van der Waals surface area contributed by atoms with Crippen LogP contribution in [0.5, 0.6) is 0 Å². The van der Waals surface area contributed by atoms with Crippen LogP contribution in [0.1, 0.15) is 43.2 Å². The topological polar surface area (TPSA) is 9.23 Å². The van der Waals surface area contributed by atoms with Gasteiger partial charge in [0.05, 0.1) is 6.61 Å². The molecule has 33 heavy (non-hydrogen) atoms. The smallest absolute Gasteiger partial charge is 0.0713 e. The van der Waals surface area contributed by atoms with E-state index in [9.17, 15) is 0 Å². The summed E-state index contributed by atoms with van der Waals surface area (Å²) in [6, 6.07) is 26.3. The van der Waals surface area contributed by atoms with E-state index in [0.717, 1.165) is 18.3 Å². The Kier molecular flexibility index (Phi) is 8.33. The molecule has 0 bridgehead atoms. The van der Waals surface area contributed by atoms with Crippen LogP contribution in [0.4, 0.5) is 0 Å². The van der Waals surface area contributed by atoms with E-state index in [1.165, 1.54) is 65.5 Å². The Morgan fingerprint density at radius 3 is 2.21 bits per heavy atom. The van der Waals surface area contributed by atoms with Gasteiger partial charge in [0.15, 0.2) is 0 Å². The fourth-order valence-electron chi connectivity index (χ4n) is 4.99. The van der Waals surface area contributed by atoms with Gasteiger partial charge in [0, 0.05) is 7.11 Å². The van der Waals surface area contributed by atoms with Gasteiger partial charge in [0.2, 0.25) is 0 Å². The van der Waals surface area contributed by atoms with E-state index in [1.54, 1.807) is 7.11 Å². The first-order valence-corrected chi connectivity index (χ1v) is 12.3. The molecule has 0 aliphatic heterocycles. The quantitative estimate of drug-likeness (QED) is 0.305. The van der Waals surface area contributed by atoms with Crippen molar-refractivity contribution >= 4 is 0 Å². The normalized spacial score (nSPS) is 18.5. The van der Waals surface area contributed by atoms with Crippen molar-refractivity contribution in [1.29, 1.82) is 0 Å². The molecule has 0 N–H and O–H groups in total. The van der Waals surface area contributed by atoms with Crippen LogP contribution in [0.2, 0.25) is 0 Å². The first-order valence-electron chi connectivity index (χ1n) is 12.3. The van der Waals surface area contributed by atoms with Crippen LogP contribution >= 0.6 is 0 Å². The Labute approximate surface area is 199 Å². The van der Waals surface area contributed by atoms with Gasteiger partial charge in [0.1, 0.15) is 0 Å². The van der Waals surface area contributed by atoms with Gasteiger partial charge in [-0.15, -0.1) is 6.58 Å². The Morgan fingerprint density at radius 1 is 0.818 bits per heavy atom. The summed E-state index contributed by atoms with van der Waals surface area (Å²) >= 11 is 0. The van der Waals surface area contributed by atoms with E-state index >= 15 is 0 Å². The third-order valence-corrected chi connectivity index (χ3v) is 6.98. The maximum Gasteiger partial charge on any atom is 0.0713 e. The summed E-state index contributed by atoms with van der Waals surface area (Å²) < 4.78 is 5.39. The Morgan fingerprint density at radius 2 is 1.52 bits per heavy atom. The average Bonchev–Trinajstić information content (AvgIpc) is 2.88. The van der Waals surface area contributed by atoms with Crippen molar-refractivity contribution in [1.82, 2.24) is 0 Å². The second-order valence-electron chi connectivity index (χ2n) is 9.30. The van der Waals surface area contributed by atoms with Crippen molar-refractivity contribution < 1.29 is 4.74 Å². The fraction of sp³-hybridized carbons (Fsp3) is 0.312. The Hall–Kier alpha value is -2.90. The molecule has 0 amide bonds.